The summed E-state index contributed by atoms with van der Waals surface area (Å²) >= 11 is 0. The Labute approximate surface area is 100 Å². The van der Waals surface area contributed by atoms with Gasteiger partial charge in [-0.05, 0) is 31.5 Å². The van der Waals surface area contributed by atoms with Gasteiger partial charge in [0.1, 0.15) is 0 Å². The number of amides is 2. The van der Waals surface area contributed by atoms with Gasteiger partial charge in [-0.15, -0.1) is 0 Å². The van der Waals surface area contributed by atoms with Crippen molar-refractivity contribution in [1.82, 2.24) is 0 Å². The summed E-state index contributed by atoms with van der Waals surface area (Å²) in [4.78, 5) is 22.4. The Kier molecular flexibility index (Phi) is 4.23. The fraction of sp³-hybridized carbons (Fsp3) is 0.333. The average Bonchev–Trinajstić information content (AvgIpc) is 2.22. The number of nitrogens with two attached hydrogens (primary N) is 1. The molecular formula is C12H17N3O2. The van der Waals surface area contributed by atoms with Crippen molar-refractivity contribution in [3.63, 3.8) is 0 Å². The normalized spacial score (nSPS) is 11.8. The van der Waals surface area contributed by atoms with Crippen molar-refractivity contribution in [3.8, 4) is 0 Å². The highest BCUT2D eigenvalue weighted by molar-refractivity contribution is 5.96. The second-order valence-corrected chi connectivity index (χ2v) is 3.99. The molecule has 17 heavy (non-hydrogen) atoms. The smallest absolute Gasteiger partial charge is 0.240 e. The van der Waals surface area contributed by atoms with E-state index in [9.17, 15) is 9.59 Å². The first kappa shape index (κ1) is 13.2. The van der Waals surface area contributed by atoms with Crippen LogP contribution in [0, 0.1) is 6.92 Å². The van der Waals surface area contributed by atoms with Crippen LogP contribution in [0.2, 0.25) is 0 Å². The molecule has 5 nitrogen and oxygen atoms in total. The van der Waals surface area contributed by atoms with Crippen LogP contribution in [0.5, 0.6) is 0 Å². The number of aryl methyl sites for hydroxylation is 1. The van der Waals surface area contributed by atoms with E-state index in [1.54, 1.807) is 19.1 Å². The summed E-state index contributed by atoms with van der Waals surface area (Å²) in [6, 6.07) is 4.72. The summed E-state index contributed by atoms with van der Waals surface area (Å²) in [6.45, 7) is 4.92. The summed E-state index contributed by atoms with van der Waals surface area (Å²) in [5.41, 5.74) is 7.67. The zero-order valence-electron chi connectivity index (χ0n) is 10.2. The molecule has 0 aliphatic rings. The van der Waals surface area contributed by atoms with Crippen molar-refractivity contribution < 1.29 is 9.59 Å². The predicted octanol–water partition coefficient (Wildman–Crippen LogP) is 1.24. The first-order valence-corrected chi connectivity index (χ1v) is 5.35. The molecule has 0 heterocycles. The second-order valence-electron chi connectivity index (χ2n) is 3.99. The molecule has 0 aliphatic heterocycles. The minimum atomic E-state index is -0.569. The van der Waals surface area contributed by atoms with Crippen molar-refractivity contribution in [2.24, 2.45) is 5.73 Å². The van der Waals surface area contributed by atoms with E-state index in [0.717, 1.165) is 5.56 Å². The minimum absolute atomic E-state index is 0.149. The Balaban J connectivity index is 2.88. The number of nitrogens with one attached hydrogen (secondary N) is 2. The van der Waals surface area contributed by atoms with E-state index in [4.69, 9.17) is 5.73 Å². The number of carbonyl (C=O) groups is 2. The fourth-order valence-corrected chi connectivity index (χ4v) is 1.28. The van der Waals surface area contributed by atoms with Gasteiger partial charge in [-0.2, -0.15) is 0 Å². The SMILES string of the molecule is CC(=O)Nc1cc(NC(=O)C(C)N)ccc1C. The molecule has 0 aromatic heterocycles. The number of carbonyl (C=O) groups excluding carboxylic acids is 2. The quantitative estimate of drug-likeness (QED) is 0.737. The molecule has 0 radical (unpaired) electrons. The molecule has 1 rings (SSSR count). The Morgan fingerprint density at radius 1 is 1.29 bits per heavy atom. The first-order chi connectivity index (χ1) is 7.90. The van der Waals surface area contributed by atoms with Crippen LogP contribution in [0.25, 0.3) is 0 Å². The maximum Gasteiger partial charge on any atom is 0.240 e. The van der Waals surface area contributed by atoms with Crippen molar-refractivity contribution >= 4 is 23.2 Å². The Morgan fingerprint density at radius 2 is 1.94 bits per heavy atom. The maximum atomic E-state index is 11.4. The number of hydrogen-bond donors (Lipinski definition) is 3. The largest absolute Gasteiger partial charge is 0.326 e. The van der Waals surface area contributed by atoms with Crippen LogP contribution in [-0.4, -0.2) is 17.9 Å². The number of benzene rings is 1. The van der Waals surface area contributed by atoms with Gasteiger partial charge in [0.05, 0.1) is 6.04 Å². The molecule has 0 spiro atoms. The van der Waals surface area contributed by atoms with Gasteiger partial charge in [-0.1, -0.05) is 6.07 Å². The monoisotopic (exact) mass is 235 g/mol. The Bertz CT molecular complexity index is 441. The molecular weight excluding hydrogens is 218 g/mol. The van der Waals surface area contributed by atoms with Crippen molar-refractivity contribution in [2.75, 3.05) is 10.6 Å². The molecule has 1 atom stereocenters. The molecule has 2 amide bonds. The number of hydrogen-bond acceptors (Lipinski definition) is 3. The maximum absolute atomic E-state index is 11.4. The fourth-order valence-electron chi connectivity index (χ4n) is 1.28. The van der Waals surface area contributed by atoms with Gasteiger partial charge in [-0.25, -0.2) is 0 Å². The van der Waals surface area contributed by atoms with E-state index in [-0.39, 0.29) is 11.8 Å². The zero-order chi connectivity index (χ0) is 13.0. The lowest BCUT2D eigenvalue weighted by atomic mass is 10.1. The molecule has 92 valence electrons. The van der Waals surface area contributed by atoms with Gasteiger partial charge in [0, 0.05) is 18.3 Å². The summed E-state index contributed by atoms with van der Waals surface area (Å²) in [5, 5.41) is 5.36. The lowest BCUT2D eigenvalue weighted by Gasteiger charge is -2.11. The van der Waals surface area contributed by atoms with E-state index < -0.39 is 6.04 Å². The molecule has 0 aliphatic carbocycles. The number of anilines is 2. The van der Waals surface area contributed by atoms with Crippen LogP contribution in [0.4, 0.5) is 11.4 Å². The van der Waals surface area contributed by atoms with Gasteiger partial charge in [0.2, 0.25) is 11.8 Å². The molecule has 4 N–H and O–H groups in total. The van der Waals surface area contributed by atoms with E-state index in [1.165, 1.54) is 6.92 Å². The standard InChI is InChI=1S/C12H17N3O2/c1-7-4-5-10(15-12(17)8(2)13)6-11(7)14-9(3)16/h4-6,8H,13H2,1-3H3,(H,14,16)(H,15,17). The Hall–Kier alpha value is -1.88. The minimum Gasteiger partial charge on any atom is -0.326 e. The topological polar surface area (TPSA) is 84.2 Å². The zero-order valence-corrected chi connectivity index (χ0v) is 10.2. The highest BCUT2D eigenvalue weighted by Crippen LogP contribution is 2.20. The lowest BCUT2D eigenvalue weighted by molar-refractivity contribution is -0.117. The van der Waals surface area contributed by atoms with E-state index in [2.05, 4.69) is 10.6 Å². The van der Waals surface area contributed by atoms with Crippen molar-refractivity contribution in [3.05, 3.63) is 23.8 Å². The molecule has 1 unspecified atom stereocenters. The van der Waals surface area contributed by atoms with Gasteiger partial charge in [0.25, 0.3) is 0 Å². The molecule has 1 aromatic rings. The van der Waals surface area contributed by atoms with Gasteiger partial charge in [-0.3, -0.25) is 9.59 Å². The molecule has 0 saturated heterocycles. The van der Waals surface area contributed by atoms with Crippen molar-refractivity contribution in [2.45, 2.75) is 26.8 Å². The third-order valence-corrected chi connectivity index (χ3v) is 2.23. The third kappa shape index (κ3) is 3.88. The first-order valence-electron chi connectivity index (χ1n) is 5.35. The molecule has 0 bridgehead atoms. The van der Waals surface area contributed by atoms with Crippen LogP contribution in [-0.2, 0) is 9.59 Å². The van der Waals surface area contributed by atoms with Crippen LogP contribution < -0.4 is 16.4 Å². The van der Waals surface area contributed by atoms with Gasteiger partial charge >= 0.3 is 0 Å². The van der Waals surface area contributed by atoms with Gasteiger partial charge in [0.15, 0.2) is 0 Å². The van der Waals surface area contributed by atoms with Crippen molar-refractivity contribution in [1.29, 1.82) is 0 Å². The molecule has 1 aromatic carbocycles. The molecule has 0 saturated carbocycles. The average molecular weight is 235 g/mol. The summed E-state index contributed by atoms with van der Waals surface area (Å²) in [7, 11) is 0. The predicted molar refractivity (Wildman–Crippen MR) is 67.8 cm³/mol. The summed E-state index contributed by atoms with van der Waals surface area (Å²) < 4.78 is 0. The third-order valence-electron chi connectivity index (χ3n) is 2.23. The van der Waals surface area contributed by atoms with E-state index >= 15 is 0 Å². The lowest BCUT2D eigenvalue weighted by Crippen LogP contribution is -2.32. The summed E-state index contributed by atoms with van der Waals surface area (Å²) in [6.07, 6.45) is 0. The van der Waals surface area contributed by atoms with Crippen LogP contribution in [0.1, 0.15) is 19.4 Å². The summed E-state index contributed by atoms with van der Waals surface area (Å²) in [5.74, 6) is -0.411. The van der Waals surface area contributed by atoms with Crippen LogP contribution in [0.15, 0.2) is 18.2 Å². The van der Waals surface area contributed by atoms with E-state index in [0.29, 0.717) is 11.4 Å². The van der Waals surface area contributed by atoms with E-state index in [1.807, 2.05) is 13.0 Å². The Morgan fingerprint density at radius 3 is 2.47 bits per heavy atom. The second kappa shape index (κ2) is 5.45. The highest BCUT2D eigenvalue weighted by Gasteiger charge is 2.08. The van der Waals surface area contributed by atoms with Crippen LogP contribution in [0.3, 0.4) is 0 Å². The van der Waals surface area contributed by atoms with Crippen LogP contribution >= 0.6 is 0 Å². The van der Waals surface area contributed by atoms with Gasteiger partial charge < -0.3 is 16.4 Å². The number of rotatable bonds is 3. The molecule has 0 fully saturated rings. The highest BCUT2D eigenvalue weighted by atomic mass is 16.2. The molecule has 5 heteroatoms.